The number of fused-ring (bicyclic) bond motifs is 1. The molecule has 0 aliphatic heterocycles. The van der Waals surface area contributed by atoms with Crippen molar-refractivity contribution in [2.24, 2.45) is 5.92 Å². The quantitative estimate of drug-likeness (QED) is 0.713. The van der Waals surface area contributed by atoms with Crippen LogP contribution in [0.4, 0.5) is 0 Å². The van der Waals surface area contributed by atoms with E-state index in [-0.39, 0.29) is 5.91 Å². The number of carbonyl (C=O) groups is 1. The van der Waals surface area contributed by atoms with Gasteiger partial charge in [0, 0.05) is 25.4 Å². The summed E-state index contributed by atoms with van der Waals surface area (Å²) in [5.74, 6) is 1.13. The molecule has 0 unspecified atom stereocenters. The van der Waals surface area contributed by atoms with Gasteiger partial charge in [0.25, 0.3) is 5.91 Å². The lowest BCUT2D eigenvalue weighted by molar-refractivity contribution is 0.0784. The molecule has 0 saturated carbocycles. The number of nitrogens with zero attached hydrogens (tertiary/aromatic N) is 5. The topological polar surface area (TPSA) is 77.1 Å². The van der Waals surface area contributed by atoms with Crippen LogP contribution in [0.3, 0.4) is 0 Å². The zero-order valence-electron chi connectivity index (χ0n) is 15.3. The first-order valence-corrected chi connectivity index (χ1v) is 8.35. The third-order valence-electron chi connectivity index (χ3n) is 4.19. The fraction of sp³-hybridized carbons (Fsp3) is 0.444. The van der Waals surface area contributed by atoms with Gasteiger partial charge in [0.15, 0.2) is 5.65 Å². The third kappa shape index (κ3) is 3.40. The molecule has 0 atom stereocenters. The highest BCUT2D eigenvalue weighted by Gasteiger charge is 2.18. The van der Waals surface area contributed by atoms with E-state index in [0.29, 0.717) is 18.0 Å². The summed E-state index contributed by atoms with van der Waals surface area (Å²) in [4.78, 5) is 23.2. The maximum Gasteiger partial charge on any atom is 0.255 e. The molecule has 0 aliphatic rings. The van der Waals surface area contributed by atoms with E-state index in [2.05, 4.69) is 29.0 Å². The molecule has 0 N–H and O–H groups in total. The Hall–Kier alpha value is -2.70. The van der Waals surface area contributed by atoms with Crippen LogP contribution in [0.5, 0.6) is 0 Å². The number of carbonyl (C=O) groups excluding carboxylic acids is 1. The smallest absolute Gasteiger partial charge is 0.255 e. The molecule has 0 bridgehead atoms. The van der Waals surface area contributed by atoms with Gasteiger partial charge in [-0.2, -0.15) is 0 Å². The average molecular weight is 341 g/mol. The lowest BCUT2D eigenvalue weighted by Crippen LogP contribution is -2.26. The standard InChI is InChI=1S/C18H23N5O2/c1-11(2)8-23-10-20-16-6-14(7-19-17(16)23)18(24)22(5)9-15-12(3)21-25-13(15)4/h6-7,10-11H,8-9H2,1-5H3. The fourth-order valence-electron chi connectivity index (χ4n) is 2.85. The van der Waals surface area contributed by atoms with E-state index < -0.39 is 0 Å². The Morgan fingerprint density at radius 3 is 2.72 bits per heavy atom. The number of pyridine rings is 1. The molecule has 3 rings (SSSR count). The number of rotatable bonds is 5. The van der Waals surface area contributed by atoms with Crippen LogP contribution in [0.1, 0.15) is 41.2 Å². The highest BCUT2D eigenvalue weighted by molar-refractivity contribution is 5.96. The maximum absolute atomic E-state index is 12.7. The van der Waals surface area contributed by atoms with Crippen LogP contribution in [-0.4, -0.2) is 37.5 Å². The first-order chi connectivity index (χ1) is 11.9. The molecule has 0 aromatic carbocycles. The van der Waals surface area contributed by atoms with Gasteiger partial charge in [0.05, 0.1) is 24.1 Å². The molecule has 7 heteroatoms. The molecule has 1 amide bonds. The molecule has 0 saturated heterocycles. The molecule has 3 aromatic heterocycles. The zero-order chi connectivity index (χ0) is 18.1. The number of aromatic nitrogens is 4. The molecule has 0 fully saturated rings. The molecule has 0 spiro atoms. The average Bonchev–Trinajstić information content (AvgIpc) is 3.11. The Morgan fingerprint density at radius 2 is 2.08 bits per heavy atom. The van der Waals surface area contributed by atoms with Crippen LogP contribution < -0.4 is 0 Å². The summed E-state index contributed by atoms with van der Waals surface area (Å²) in [6.45, 7) is 9.31. The van der Waals surface area contributed by atoms with Crippen molar-refractivity contribution in [3.05, 3.63) is 41.2 Å². The summed E-state index contributed by atoms with van der Waals surface area (Å²) in [5.41, 5.74) is 3.80. The van der Waals surface area contributed by atoms with Gasteiger partial charge in [-0.25, -0.2) is 9.97 Å². The molecular weight excluding hydrogens is 318 g/mol. The number of imidazole rings is 1. The zero-order valence-corrected chi connectivity index (χ0v) is 15.3. The lowest BCUT2D eigenvalue weighted by Gasteiger charge is -2.17. The van der Waals surface area contributed by atoms with Crippen molar-refractivity contribution in [3.63, 3.8) is 0 Å². The minimum Gasteiger partial charge on any atom is -0.361 e. The molecule has 3 aromatic rings. The first kappa shape index (κ1) is 17.1. The number of aryl methyl sites for hydroxylation is 2. The van der Waals surface area contributed by atoms with Gasteiger partial charge in [-0.1, -0.05) is 19.0 Å². The lowest BCUT2D eigenvalue weighted by atomic mass is 10.1. The second-order valence-electron chi connectivity index (χ2n) is 6.82. The fourth-order valence-corrected chi connectivity index (χ4v) is 2.85. The van der Waals surface area contributed by atoms with Crippen molar-refractivity contribution in [2.75, 3.05) is 7.05 Å². The van der Waals surface area contributed by atoms with Crippen molar-refractivity contribution >= 4 is 17.1 Å². The Bertz CT molecular complexity index is 890. The van der Waals surface area contributed by atoms with Crippen LogP contribution >= 0.6 is 0 Å². The van der Waals surface area contributed by atoms with E-state index in [1.165, 1.54) is 0 Å². The summed E-state index contributed by atoms with van der Waals surface area (Å²) in [6.07, 6.45) is 3.40. The van der Waals surface area contributed by atoms with Gasteiger partial charge in [-0.15, -0.1) is 0 Å². The predicted molar refractivity (Wildman–Crippen MR) is 94.1 cm³/mol. The van der Waals surface area contributed by atoms with Gasteiger partial charge >= 0.3 is 0 Å². The molecule has 0 radical (unpaired) electrons. The van der Waals surface area contributed by atoms with Crippen molar-refractivity contribution in [2.45, 2.75) is 40.8 Å². The number of hydrogen-bond acceptors (Lipinski definition) is 5. The summed E-state index contributed by atoms with van der Waals surface area (Å²) < 4.78 is 7.18. The van der Waals surface area contributed by atoms with E-state index in [4.69, 9.17) is 4.52 Å². The van der Waals surface area contributed by atoms with Crippen LogP contribution in [0.15, 0.2) is 23.1 Å². The monoisotopic (exact) mass is 341 g/mol. The van der Waals surface area contributed by atoms with Crippen molar-refractivity contribution < 1.29 is 9.32 Å². The van der Waals surface area contributed by atoms with Crippen LogP contribution in [-0.2, 0) is 13.1 Å². The summed E-state index contributed by atoms with van der Waals surface area (Å²) in [6, 6.07) is 1.80. The maximum atomic E-state index is 12.7. The minimum atomic E-state index is -0.104. The molecule has 3 heterocycles. The largest absolute Gasteiger partial charge is 0.361 e. The third-order valence-corrected chi connectivity index (χ3v) is 4.19. The van der Waals surface area contributed by atoms with Gasteiger partial charge in [-0.3, -0.25) is 4.79 Å². The van der Waals surface area contributed by atoms with E-state index >= 15 is 0 Å². The molecule has 0 aliphatic carbocycles. The van der Waals surface area contributed by atoms with Crippen molar-refractivity contribution in [1.82, 2.24) is 24.6 Å². The summed E-state index contributed by atoms with van der Waals surface area (Å²) in [5, 5.41) is 3.93. The van der Waals surface area contributed by atoms with Crippen molar-refractivity contribution in [3.8, 4) is 0 Å². The van der Waals surface area contributed by atoms with E-state index in [9.17, 15) is 4.79 Å². The predicted octanol–water partition coefficient (Wildman–Crippen LogP) is 2.96. The summed E-state index contributed by atoms with van der Waals surface area (Å²) in [7, 11) is 1.76. The Balaban J connectivity index is 1.82. The van der Waals surface area contributed by atoms with Crippen LogP contribution in [0.25, 0.3) is 11.2 Å². The van der Waals surface area contributed by atoms with Crippen LogP contribution in [0, 0.1) is 19.8 Å². The summed E-state index contributed by atoms with van der Waals surface area (Å²) >= 11 is 0. The Kier molecular flexibility index (Phi) is 4.57. The normalized spacial score (nSPS) is 11.4. The van der Waals surface area contributed by atoms with Gasteiger partial charge in [0.1, 0.15) is 11.3 Å². The van der Waals surface area contributed by atoms with Gasteiger partial charge < -0.3 is 14.0 Å². The Labute approximate surface area is 146 Å². The van der Waals surface area contributed by atoms with Gasteiger partial charge in [-0.05, 0) is 25.8 Å². The second-order valence-corrected chi connectivity index (χ2v) is 6.82. The number of hydrogen-bond donors (Lipinski definition) is 0. The van der Waals surface area contributed by atoms with Gasteiger partial charge in [0.2, 0.25) is 0 Å². The molecule has 25 heavy (non-hydrogen) atoms. The highest BCUT2D eigenvalue weighted by atomic mass is 16.5. The highest BCUT2D eigenvalue weighted by Crippen LogP contribution is 2.18. The van der Waals surface area contributed by atoms with E-state index in [1.807, 2.05) is 18.4 Å². The number of amides is 1. The second kappa shape index (κ2) is 6.66. The molecule has 7 nitrogen and oxygen atoms in total. The van der Waals surface area contributed by atoms with Crippen LogP contribution in [0.2, 0.25) is 0 Å². The van der Waals surface area contributed by atoms with E-state index in [0.717, 1.165) is 34.7 Å². The Morgan fingerprint density at radius 1 is 1.32 bits per heavy atom. The SMILES string of the molecule is Cc1noc(C)c1CN(C)C(=O)c1cnc2c(c1)ncn2CC(C)C. The minimum absolute atomic E-state index is 0.104. The molecular formula is C18H23N5O2. The molecule has 132 valence electrons. The first-order valence-electron chi connectivity index (χ1n) is 8.35. The van der Waals surface area contributed by atoms with Crippen molar-refractivity contribution in [1.29, 1.82) is 0 Å². The van der Waals surface area contributed by atoms with E-state index in [1.54, 1.807) is 30.5 Å².